The Kier molecular flexibility index (Phi) is 5.42. The molecule has 2 aromatic rings. The van der Waals surface area contributed by atoms with E-state index in [1.165, 1.54) is 0 Å². The quantitative estimate of drug-likeness (QED) is 0.778. The van der Waals surface area contributed by atoms with Crippen LogP contribution in [0, 0.1) is 0 Å². The van der Waals surface area contributed by atoms with Crippen LogP contribution in [0.25, 0.3) is 0 Å². The predicted octanol–water partition coefficient (Wildman–Crippen LogP) is 2.22. The van der Waals surface area contributed by atoms with Crippen LogP contribution in [-0.2, 0) is 17.6 Å². The van der Waals surface area contributed by atoms with Gasteiger partial charge in [0.05, 0.1) is 17.1 Å². The summed E-state index contributed by atoms with van der Waals surface area (Å²) in [7, 11) is 0. The van der Waals surface area contributed by atoms with E-state index in [-0.39, 0.29) is 12.5 Å². The van der Waals surface area contributed by atoms with Crippen molar-refractivity contribution in [2.45, 2.75) is 33.1 Å². The third-order valence-corrected chi connectivity index (χ3v) is 4.16. The molecule has 2 heterocycles. The normalized spacial score (nSPS) is 13.4. The van der Waals surface area contributed by atoms with Gasteiger partial charge in [-0.3, -0.25) is 4.79 Å². The lowest BCUT2D eigenvalue weighted by Gasteiger charge is -2.29. The second-order valence-corrected chi connectivity index (χ2v) is 5.82. The maximum absolute atomic E-state index is 12.1. The number of anilines is 2. The highest BCUT2D eigenvalue weighted by Gasteiger charge is 2.24. The summed E-state index contributed by atoms with van der Waals surface area (Å²) in [6, 6.07) is 7.61. The minimum absolute atomic E-state index is 0.0165. The third-order valence-electron chi connectivity index (χ3n) is 4.16. The summed E-state index contributed by atoms with van der Waals surface area (Å²) in [6.07, 6.45) is 2.45. The van der Waals surface area contributed by atoms with Crippen molar-refractivity contribution in [3.63, 3.8) is 0 Å². The Morgan fingerprint density at radius 2 is 1.96 bits per heavy atom. The Balaban J connectivity index is 1.56. The second-order valence-electron chi connectivity index (χ2n) is 5.82. The summed E-state index contributed by atoms with van der Waals surface area (Å²) in [5.41, 5.74) is 2.76. The van der Waals surface area contributed by atoms with Gasteiger partial charge in [-0.25, -0.2) is 4.98 Å². The minimum atomic E-state index is -0.0165. The molecule has 0 bridgehead atoms. The van der Waals surface area contributed by atoms with Crippen molar-refractivity contribution < 1.29 is 9.53 Å². The first-order valence-electron chi connectivity index (χ1n) is 8.71. The van der Waals surface area contributed by atoms with Crippen molar-refractivity contribution in [3.05, 3.63) is 35.7 Å². The molecule has 132 valence electrons. The molecule has 25 heavy (non-hydrogen) atoms. The Hall–Kier alpha value is -2.70. The fourth-order valence-corrected chi connectivity index (χ4v) is 2.85. The molecule has 1 aliphatic heterocycles. The Bertz CT molecular complexity index is 750. The van der Waals surface area contributed by atoms with Gasteiger partial charge in [-0.15, -0.1) is 5.10 Å². The van der Waals surface area contributed by atoms with Crippen LogP contribution in [0.2, 0.25) is 0 Å². The van der Waals surface area contributed by atoms with Crippen LogP contribution < -0.4 is 15.0 Å². The van der Waals surface area contributed by atoms with Crippen LogP contribution in [0.15, 0.2) is 24.3 Å². The summed E-state index contributed by atoms with van der Waals surface area (Å²) in [6.45, 7) is 5.50. The predicted molar refractivity (Wildman–Crippen MR) is 96.0 cm³/mol. The third kappa shape index (κ3) is 3.87. The molecule has 7 nitrogen and oxygen atoms in total. The Morgan fingerprint density at radius 1 is 1.16 bits per heavy atom. The topological polar surface area (TPSA) is 80.2 Å². The van der Waals surface area contributed by atoms with E-state index < -0.39 is 0 Å². The number of fused-ring (bicyclic) bond motifs is 1. The molecule has 0 atom stereocenters. The molecule has 3 rings (SSSR count). The molecule has 1 N–H and O–H groups in total. The molecule has 0 radical (unpaired) electrons. The highest BCUT2D eigenvalue weighted by atomic mass is 16.5. The van der Waals surface area contributed by atoms with Crippen molar-refractivity contribution in [2.24, 2.45) is 0 Å². The number of carbonyl (C=O) groups is 1. The maximum Gasteiger partial charge on any atom is 0.265 e. The zero-order valence-electron chi connectivity index (χ0n) is 14.7. The number of nitrogens with zero attached hydrogens (tertiary/aromatic N) is 4. The van der Waals surface area contributed by atoms with E-state index in [0.717, 1.165) is 42.1 Å². The molecule has 1 amide bonds. The molecular formula is C18H23N5O2. The highest BCUT2D eigenvalue weighted by molar-refractivity contribution is 5.97. The molecule has 0 fully saturated rings. The van der Waals surface area contributed by atoms with Crippen LogP contribution in [-0.4, -0.2) is 40.8 Å². The van der Waals surface area contributed by atoms with Gasteiger partial charge in [0.25, 0.3) is 5.91 Å². The lowest BCUT2D eigenvalue weighted by Crippen LogP contribution is -2.39. The molecule has 0 saturated carbocycles. The number of para-hydroxylation sites is 2. The van der Waals surface area contributed by atoms with Crippen molar-refractivity contribution >= 4 is 17.5 Å². The highest BCUT2D eigenvalue weighted by Crippen LogP contribution is 2.31. The van der Waals surface area contributed by atoms with Gasteiger partial charge in [-0.2, -0.15) is 5.10 Å². The fraction of sp³-hybridized carbons (Fsp3) is 0.444. The van der Waals surface area contributed by atoms with E-state index in [4.69, 9.17) is 4.74 Å². The van der Waals surface area contributed by atoms with Crippen molar-refractivity contribution in [1.29, 1.82) is 0 Å². The molecule has 0 saturated heterocycles. The number of hydrogen-bond acceptors (Lipinski definition) is 6. The van der Waals surface area contributed by atoms with Gasteiger partial charge in [-0.1, -0.05) is 26.0 Å². The Labute approximate surface area is 147 Å². The van der Waals surface area contributed by atoms with Gasteiger partial charge in [-0.05, 0) is 31.4 Å². The summed E-state index contributed by atoms with van der Waals surface area (Å²) >= 11 is 0. The number of benzene rings is 1. The van der Waals surface area contributed by atoms with Crippen LogP contribution in [0.1, 0.15) is 31.7 Å². The van der Waals surface area contributed by atoms with E-state index in [9.17, 15) is 4.79 Å². The molecule has 0 spiro atoms. The number of carbonyl (C=O) groups excluding carboxylic acids is 1. The van der Waals surface area contributed by atoms with E-state index in [2.05, 4.69) is 34.3 Å². The maximum atomic E-state index is 12.1. The SMILES string of the molecule is CCc1nnc(NCCCN2C(=O)COc3ccccc32)nc1CC. The number of amides is 1. The van der Waals surface area contributed by atoms with E-state index >= 15 is 0 Å². The standard InChI is InChI=1S/C18H23N5O2/c1-3-13-14(4-2)21-22-18(20-13)19-10-7-11-23-15-8-5-6-9-16(15)25-12-17(23)24/h5-6,8-9H,3-4,7,10-12H2,1-2H3,(H,19,20,22). The van der Waals surface area contributed by atoms with Gasteiger partial charge < -0.3 is 15.0 Å². The summed E-state index contributed by atoms with van der Waals surface area (Å²) < 4.78 is 5.45. The van der Waals surface area contributed by atoms with Crippen LogP contribution >= 0.6 is 0 Å². The van der Waals surface area contributed by atoms with Crippen molar-refractivity contribution in [3.8, 4) is 5.75 Å². The van der Waals surface area contributed by atoms with Gasteiger partial charge in [0, 0.05) is 13.1 Å². The number of ether oxygens (including phenoxy) is 1. The lowest BCUT2D eigenvalue weighted by molar-refractivity contribution is -0.121. The van der Waals surface area contributed by atoms with Gasteiger partial charge >= 0.3 is 0 Å². The van der Waals surface area contributed by atoms with Gasteiger partial charge in [0.1, 0.15) is 5.75 Å². The van der Waals surface area contributed by atoms with Crippen LogP contribution in [0.3, 0.4) is 0 Å². The molecule has 1 aromatic carbocycles. The fourth-order valence-electron chi connectivity index (χ4n) is 2.85. The van der Waals surface area contributed by atoms with Gasteiger partial charge in [0.15, 0.2) is 6.61 Å². The summed E-state index contributed by atoms with van der Waals surface area (Å²) in [5.74, 6) is 1.28. The minimum Gasteiger partial charge on any atom is -0.482 e. The van der Waals surface area contributed by atoms with E-state index in [1.54, 1.807) is 4.90 Å². The monoisotopic (exact) mass is 341 g/mol. The summed E-state index contributed by atoms with van der Waals surface area (Å²) in [5, 5.41) is 11.5. The number of hydrogen-bond donors (Lipinski definition) is 1. The average molecular weight is 341 g/mol. The lowest BCUT2D eigenvalue weighted by atomic mass is 10.2. The van der Waals surface area contributed by atoms with E-state index in [1.807, 2.05) is 24.3 Å². The van der Waals surface area contributed by atoms with Crippen molar-refractivity contribution in [1.82, 2.24) is 15.2 Å². The molecule has 0 aliphatic carbocycles. The summed E-state index contributed by atoms with van der Waals surface area (Å²) in [4.78, 5) is 18.4. The number of rotatable bonds is 7. The first-order chi connectivity index (χ1) is 12.2. The molecule has 0 unspecified atom stereocenters. The average Bonchev–Trinajstić information content (AvgIpc) is 2.66. The smallest absolute Gasteiger partial charge is 0.265 e. The molecule has 1 aromatic heterocycles. The molecule has 7 heteroatoms. The van der Waals surface area contributed by atoms with Crippen LogP contribution in [0.4, 0.5) is 11.6 Å². The first-order valence-corrected chi connectivity index (χ1v) is 8.71. The van der Waals surface area contributed by atoms with Crippen molar-refractivity contribution in [2.75, 3.05) is 29.9 Å². The number of aromatic nitrogens is 3. The number of aryl methyl sites for hydroxylation is 2. The van der Waals surface area contributed by atoms with Crippen LogP contribution in [0.5, 0.6) is 5.75 Å². The molecular weight excluding hydrogens is 318 g/mol. The largest absolute Gasteiger partial charge is 0.482 e. The Morgan fingerprint density at radius 3 is 2.76 bits per heavy atom. The van der Waals surface area contributed by atoms with E-state index in [0.29, 0.717) is 19.0 Å². The number of nitrogens with one attached hydrogen (secondary N) is 1. The first kappa shape index (κ1) is 17.1. The zero-order valence-corrected chi connectivity index (χ0v) is 14.7. The zero-order chi connectivity index (χ0) is 17.6. The van der Waals surface area contributed by atoms with Gasteiger partial charge in [0.2, 0.25) is 5.95 Å². The second kappa shape index (κ2) is 7.92. The molecule has 1 aliphatic rings.